The molecule has 21 heavy (non-hydrogen) atoms. The molecule has 7 heteroatoms. The van der Waals surface area contributed by atoms with Gasteiger partial charge in [0.2, 0.25) is 0 Å². The van der Waals surface area contributed by atoms with E-state index in [1.54, 1.807) is 22.9 Å². The number of esters is 1. The van der Waals surface area contributed by atoms with E-state index < -0.39 is 5.97 Å². The first-order chi connectivity index (χ1) is 10.3. The van der Waals surface area contributed by atoms with Crippen LogP contribution in [0.3, 0.4) is 0 Å². The van der Waals surface area contributed by atoms with Crippen molar-refractivity contribution in [2.24, 2.45) is 0 Å². The molecule has 0 N–H and O–H groups in total. The molecule has 0 unspecified atom stereocenters. The van der Waals surface area contributed by atoms with Crippen molar-refractivity contribution in [2.75, 3.05) is 19.8 Å². The van der Waals surface area contributed by atoms with Crippen LogP contribution in [0.25, 0.3) is 10.6 Å². The van der Waals surface area contributed by atoms with Crippen LogP contribution in [-0.2, 0) is 16.0 Å². The van der Waals surface area contributed by atoms with Crippen molar-refractivity contribution in [2.45, 2.75) is 26.8 Å². The number of carbonyl (C=O) groups is 1. The fraction of sp³-hybridized carbons (Fsp3) is 0.500. The van der Waals surface area contributed by atoms with E-state index in [1.165, 1.54) is 0 Å². The summed E-state index contributed by atoms with van der Waals surface area (Å²) in [6, 6.07) is 3.89. The quantitative estimate of drug-likeness (QED) is 0.554. The van der Waals surface area contributed by atoms with Gasteiger partial charge in [-0.2, -0.15) is 0 Å². The molecule has 2 aromatic rings. The lowest BCUT2D eigenvalue weighted by Crippen LogP contribution is -2.09. The van der Waals surface area contributed by atoms with E-state index in [4.69, 9.17) is 9.47 Å². The zero-order chi connectivity index (χ0) is 15.1. The minimum atomic E-state index is -0.433. The molecule has 0 aliphatic carbocycles. The van der Waals surface area contributed by atoms with E-state index >= 15 is 0 Å². The van der Waals surface area contributed by atoms with Gasteiger partial charge in [-0.1, -0.05) is 11.3 Å². The van der Waals surface area contributed by atoms with Crippen LogP contribution in [0.4, 0.5) is 0 Å². The lowest BCUT2D eigenvalue weighted by atomic mass is 10.2. The van der Waals surface area contributed by atoms with E-state index in [0.717, 1.165) is 17.0 Å². The first-order valence-corrected chi connectivity index (χ1v) is 7.88. The van der Waals surface area contributed by atoms with Crippen molar-refractivity contribution < 1.29 is 14.3 Å². The van der Waals surface area contributed by atoms with Gasteiger partial charge in [-0.3, -0.25) is 0 Å². The number of hydrogen-bond donors (Lipinski definition) is 0. The van der Waals surface area contributed by atoms with E-state index in [1.807, 2.05) is 24.4 Å². The highest BCUT2D eigenvalue weighted by atomic mass is 32.1. The van der Waals surface area contributed by atoms with Gasteiger partial charge in [0.05, 0.1) is 11.5 Å². The zero-order valence-electron chi connectivity index (χ0n) is 12.2. The molecule has 0 amide bonds. The molecule has 0 radical (unpaired) electrons. The molecule has 0 bridgehead atoms. The van der Waals surface area contributed by atoms with Gasteiger partial charge in [0.15, 0.2) is 5.69 Å². The van der Waals surface area contributed by atoms with Crippen molar-refractivity contribution in [1.29, 1.82) is 0 Å². The number of aryl methyl sites for hydroxylation is 1. The van der Waals surface area contributed by atoms with E-state index in [0.29, 0.717) is 26.4 Å². The van der Waals surface area contributed by atoms with Gasteiger partial charge < -0.3 is 9.47 Å². The second kappa shape index (κ2) is 7.90. The molecule has 0 fully saturated rings. The monoisotopic (exact) mass is 309 g/mol. The molecule has 0 spiro atoms. The molecule has 2 aromatic heterocycles. The largest absolute Gasteiger partial charge is 0.461 e. The highest BCUT2D eigenvalue weighted by Gasteiger charge is 2.22. The zero-order valence-corrected chi connectivity index (χ0v) is 13.1. The molecule has 114 valence electrons. The molecule has 0 atom stereocenters. The average Bonchev–Trinajstić information content (AvgIpc) is 3.12. The number of nitrogens with zero attached hydrogens (tertiary/aromatic N) is 3. The molecular weight excluding hydrogens is 290 g/mol. The third-order valence-corrected chi connectivity index (χ3v) is 3.70. The lowest BCUT2D eigenvalue weighted by molar-refractivity contribution is 0.0520. The molecule has 0 aliphatic rings. The summed E-state index contributed by atoms with van der Waals surface area (Å²) in [5.74, 6) is -0.433. The van der Waals surface area contributed by atoms with Gasteiger partial charge in [0, 0.05) is 19.8 Å². The van der Waals surface area contributed by atoms with Crippen molar-refractivity contribution >= 4 is 17.3 Å². The van der Waals surface area contributed by atoms with Crippen molar-refractivity contribution in [3.8, 4) is 10.6 Å². The minimum absolute atomic E-state index is 0.274. The Kier molecular flexibility index (Phi) is 5.89. The summed E-state index contributed by atoms with van der Waals surface area (Å²) in [4.78, 5) is 13.0. The maximum atomic E-state index is 12.0. The second-order valence-corrected chi connectivity index (χ2v) is 5.21. The van der Waals surface area contributed by atoms with Crippen LogP contribution < -0.4 is 0 Å². The fourth-order valence-electron chi connectivity index (χ4n) is 1.92. The maximum absolute atomic E-state index is 12.0. The van der Waals surface area contributed by atoms with Crippen molar-refractivity contribution in [3.05, 3.63) is 23.2 Å². The summed E-state index contributed by atoms with van der Waals surface area (Å²) in [6.45, 7) is 6.07. The summed E-state index contributed by atoms with van der Waals surface area (Å²) in [5, 5.41) is 10.0. The summed E-state index contributed by atoms with van der Waals surface area (Å²) >= 11 is 1.55. The van der Waals surface area contributed by atoms with E-state index in [-0.39, 0.29) is 5.69 Å². The summed E-state index contributed by atoms with van der Waals surface area (Å²) in [5.41, 5.74) is 0.996. The molecule has 0 aliphatic heterocycles. The van der Waals surface area contributed by atoms with Crippen LogP contribution in [0.15, 0.2) is 17.5 Å². The fourth-order valence-corrected chi connectivity index (χ4v) is 2.70. The summed E-state index contributed by atoms with van der Waals surface area (Å²) in [6.07, 6.45) is 0.817. The van der Waals surface area contributed by atoms with Crippen LogP contribution in [0.5, 0.6) is 0 Å². The minimum Gasteiger partial charge on any atom is -0.461 e. The van der Waals surface area contributed by atoms with Gasteiger partial charge in [0.25, 0.3) is 0 Å². The van der Waals surface area contributed by atoms with Crippen molar-refractivity contribution in [3.63, 3.8) is 0 Å². The standard InChI is InChI=1S/C14H19N3O3S/c1-3-19-9-6-8-17-13(11-7-5-10-21-11)12(15-16-17)14(18)20-4-2/h5,7,10H,3-4,6,8-9H2,1-2H3. The topological polar surface area (TPSA) is 66.2 Å². The molecule has 0 saturated carbocycles. The Morgan fingerprint density at radius 2 is 2.24 bits per heavy atom. The average molecular weight is 309 g/mol. The SMILES string of the molecule is CCOCCCn1nnc(C(=O)OCC)c1-c1cccs1. The third-order valence-electron chi connectivity index (χ3n) is 2.82. The highest BCUT2D eigenvalue weighted by molar-refractivity contribution is 7.13. The normalized spacial score (nSPS) is 10.8. The predicted molar refractivity (Wildman–Crippen MR) is 80.4 cm³/mol. The number of hydrogen-bond acceptors (Lipinski definition) is 6. The molecule has 2 heterocycles. The Bertz CT molecular complexity index is 566. The number of aromatic nitrogens is 3. The van der Waals surface area contributed by atoms with Gasteiger partial charge in [-0.15, -0.1) is 16.4 Å². The molecule has 0 saturated heterocycles. The maximum Gasteiger partial charge on any atom is 0.361 e. The first-order valence-electron chi connectivity index (χ1n) is 7.00. The Morgan fingerprint density at radius 3 is 2.90 bits per heavy atom. The Hall–Kier alpha value is -1.73. The number of ether oxygens (including phenoxy) is 2. The number of carbonyl (C=O) groups excluding carboxylic acids is 1. The molecule has 0 aromatic carbocycles. The molecule has 6 nitrogen and oxygen atoms in total. The van der Waals surface area contributed by atoms with Crippen LogP contribution in [0.1, 0.15) is 30.8 Å². The van der Waals surface area contributed by atoms with Crippen molar-refractivity contribution in [1.82, 2.24) is 15.0 Å². The van der Waals surface area contributed by atoms with Crippen LogP contribution >= 0.6 is 11.3 Å². The second-order valence-electron chi connectivity index (χ2n) is 4.26. The van der Waals surface area contributed by atoms with Crippen LogP contribution in [0, 0.1) is 0 Å². The number of rotatable bonds is 8. The van der Waals surface area contributed by atoms with Crippen LogP contribution in [-0.4, -0.2) is 40.8 Å². The lowest BCUT2D eigenvalue weighted by Gasteiger charge is -2.06. The summed E-state index contributed by atoms with van der Waals surface area (Å²) in [7, 11) is 0. The first kappa shape index (κ1) is 15.7. The predicted octanol–water partition coefficient (Wildman–Crippen LogP) is 2.61. The Balaban J connectivity index is 2.22. The number of thiophene rings is 1. The molecular formula is C14H19N3O3S. The van der Waals surface area contributed by atoms with Gasteiger partial charge in [-0.25, -0.2) is 9.48 Å². The Morgan fingerprint density at radius 1 is 1.38 bits per heavy atom. The van der Waals surface area contributed by atoms with E-state index in [9.17, 15) is 4.79 Å². The third kappa shape index (κ3) is 3.89. The van der Waals surface area contributed by atoms with Gasteiger partial charge >= 0.3 is 5.97 Å². The van der Waals surface area contributed by atoms with E-state index in [2.05, 4.69) is 10.3 Å². The highest BCUT2D eigenvalue weighted by Crippen LogP contribution is 2.27. The molecule has 2 rings (SSSR count). The van der Waals surface area contributed by atoms with Crippen LogP contribution in [0.2, 0.25) is 0 Å². The van der Waals surface area contributed by atoms with Gasteiger partial charge in [-0.05, 0) is 31.7 Å². The smallest absolute Gasteiger partial charge is 0.361 e. The van der Waals surface area contributed by atoms with Gasteiger partial charge in [0.1, 0.15) is 5.69 Å². The summed E-state index contributed by atoms with van der Waals surface area (Å²) < 4.78 is 12.1. The Labute approximate surface area is 127 Å².